The van der Waals surface area contributed by atoms with Gasteiger partial charge in [0.15, 0.2) is 0 Å². The van der Waals surface area contributed by atoms with Gasteiger partial charge in [0.05, 0.1) is 0 Å². The van der Waals surface area contributed by atoms with Crippen molar-refractivity contribution < 1.29 is 0 Å². The van der Waals surface area contributed by atoms with Crippen LogP contribution in [0.25, 0.3) is 0 Å². The molecule has 16 heavy (non-hydrogen) atoms. The lowest BCUT2D eigenvalue weighted by Gasteiger charge is -2.36. The highest BCUT2D eigenvalue weighted by molar-refractivity contribution is 7.11. The molecule has 0 unspecified atom stereocenters. The number of hydrogen-bond donors (Lipinski definition) is 1. The molecule has 3 heterocycles. The van der Waals surface area contributed by atoms with Crippen LogP contribution in [0.5, 0.6) is 0 Å². The molecule has 2 aromatic heterocycles. The van der Waals surface area contributed by atoms with Crippen LogP contribution in [0.3, 0.4) is 0 Å². The highest BCUT2D eigenvalue weighted by atomic mass is 32.1. The lowest BCUT2D eigenvalue weighted by molar-refractivity contribution is 0.373. The Morgan fingerprint density at radius 1 is 0.938 bits per heavy atom. The molecule has 1 aliphatic rings. The number of nitrogens with one attached hydrogen (secondary N) is 1. The van der Waals surface area contributed by atoms with E-state index in [0.717, 1.165) is 13.1 Å². The van der Waals surface area contributed by atoms with E-state index in [0.29, 0.717) is 5.41 Å². The predicted molar refractivity (Wildman–Crippen MR) is 71.5 cm³/mol. The molecule has 2 aromatic rings. The van der Waals surface area contributed by atoms with Crippen molar-refractivity contribution in [2.45, 2.75) is 18.3 Å². The molecule has 0 saturated carbocycles. The molecule has 1 nitrogen and oxygen atoms in total. The van der Waals surface area contributed by atoms with Gasteiger partial charge in [-0.05, 0) is 48.8 Å². The maximum absolute atomic E-state index is 3.47. The fourth-order valence-electron chi connectivity index (χ4n) is 2.57. The van der Waals surface area contributed by atoms with Crippen LogP contribution in [0.2, 0.25) is 0 Å². The molecule has 1 aliphatic heterocycles. The average Bonchev–Trinajstić information content (AvgIpc) is 3.04. The number of rotatable bonds is 2. The second-order valence-corrected chi connectivity index (χ2v) is 6.18. The standard InChI is InChI=1S/C13H15NS2/c1-3-11(15-9-1)13(5-7-14-8-6-13)12-4-2-10-16-12/h1-4,9-10,14H,5-8H2. The maximum Gasteiger partial charge on any atom is 0.0414 e. The highest BCUT2D eigenvalue weighted by Crippen LogP contribution is 2.44. The first-order chi connectivity index (χ1) is 7.92. The van der Waals surface area contributed by atoms with E-state index < -0.39 is 0 Å². The minimum absolute atomic E-state index is 0.299. The van der Waals surface area contributed by atoms with Crippen molar-refractivity contribution in [1.82, 2.24) is 5.32 Å². The minimum Gasteiger partial charge on any atom is -0.317 e. The smallest absolute Gasteiger partial charge is 0.0414 e. The van der Waals surface area contributed by atoms with E-state index in [1.54, 1.807) is 0 Å². The lowest BCUT2D eigenvalue weighted by Crippen LogP contribution is -2.39. The third kappa shape index (κ3) is 1.63. The van der Waals surface area contributed by atoms with Crippen molar-refractivity contribution in [3.05, 3.63) is 44.8 Å². The zero-order valence-corrected chi connectivity index (χ0v) is 10.7. The summed E-state index contributed by atoms with van der Waals surface area (Å²) in [6, 6.07) is 8.96. The van der Waals surface area contributed by atoms with Crippen LogP contribution in [0.4, 0.5) is 0 Å². The first-order valence-electron chi connectivity index (χ1n) is 5.70. The van der Waals surface area contributed by atoms with Crippen molar-refractivity contribution in [3.8, 4) is 0 Å². The average molecular weight is 249 g/mol. The molecule has 0 radical (unpaired) electrons. The summed E-state index contributed by atoms with van der Waals surface area (Å²) < 4.78 is 0. The molecule has 1 fully saturated rings. The normalized spacial score (nSPS) is 19.8. The third-order valence-electron chi connectivity index (χ3n) is 3.44. The molecule has 3 heteroatoms. The first kappa shape index (κ1) is 10.5. The summed E-state index contributed by atoms with van der Waals surface area (Å²) in [5, 5.41) is 7.87. The monoisotopic (exact) mass is 249 g/mol. The van der Waals surface area contributed by atoms with E-state index in [-0.39, 0.29) is 0 Å². The maximum atomic E-state index is 3.47. The van der Waals surface area contributed by atoms with Gasteiger partial charge in [0, 0.05) is 15.2 Å². The van der Waals surface area contributed by atoms with Gasteiger partial charge in [0.2, 0.25) is 0 Å². The minimum atomic E-state index is 0.299. The van der Waals surface area contributed by atoms with Crippen LogP contribution in [0.15, 0.2) is 35.0 Å². The van der Waals surface area contributed by atoms with Crippen LogP contribution >= 0.6 is 22.7 Å². The molecule has 1 saturated heterocycles. The summed E-state index contributed by atoms with van der Waals surface area (Å²) in [4.78, 5) is 3.08. The number of hydrogen-bond acceptors (Lipinski definition) is 3. The topological polar surface area (TPSA) is 12.0 Å². The Bertz CT molecular complexity index is 388. The second kappa shape index (κ2) is 4.32. The zero-order chi connectivity index (χ0) is 10.8. The molecule has 1 N–H and O–H groups in total. The van der Waals surface area contributed by atoms with Crippen LogP contribution < -0.4 is 5.32 Å². The molecule has 0 amide bonds. The van der Waals surface area contributed by atoms with E-state index in [1.807, 2.05) is 22.7 Å². The second-order valence-electron chi connectivity index (χ2n) is 4.29. The van der Waals surface area contributed by atoms with Crippen molar-refractivity contribution in [1.29, 1.82) is 0 Å². The highest BCUT2D eigenvalue weighted by Gasteiger charge is 2.37. The van der Waals surface area contributed by atoms with Crippen molar-refractivity contribution >= 4 is 22.7 Å². The van der Waals surface area contributed by atoms with E-state index in [4.69, 9.17) is 0 Å². The summed E-state index contributed by atoms with van der Waals surface area (Å²) in [7, 11) is 0. The summed E-state index contributed by atoms with van der Waals surface area (Å²) in [5.74, 6) is 0. The van der Waals surface area contributed by atoms with Gasteiger partial charge >= 0.3 is 0 Å². The van der Waals surface area contributed by atoms with Gasteiger partial charge in [-0.25, -0.2) is 0 Å². The molecular formula is C13H15NS2. The van der Waals surface area contributed by atoms with E-state index >= 15 is 0 Å². The van der Waals surface area contributed by atoms with Crippen LogP contribution in [-0.2, 0) is 5.41 Å². The van der Waals surface area contributed by atoms with Crippen LogP contribution in [-0.4, -0.2) is 13.1 Å². The van der Waals surface area contributed by atoms with Crippen molar-refractivity contribution in [2.75, 3.05) is 13.1 Å². The molecule has 0 bridgehead atoms. The molecule has 0 aromatic carbocycles. The van der Waals surface area contributed by atoms with Gasteiger partial charge in [-0.1, -0.05) is 12.1 Å². The fraction of sp³-hybridized carbons (Fsp3) is 0.385. The van der Waals surface area contributed by atoms with E-state index in [9.17, 15) is 0 Å². The molecular weight excluding hydrogens is 234 g/mol. The van der Waals surface area contributed by atoms with Gasteiger partial charge in [0.1, 0.15) is 0 Å². The molecule has 3 rings (SSSR count). The Labute approximate surface area is 104 Å². The number of piperidine rings is 1. The van der Waals surface area contributed by atoms with Gasteiger partial charge in [-0.15, -0.1) is 22.7 Å². The molecule has 0 atom stereocenters. The Hall–Kier alpha value is -0.640. The summed E-state index contributed by atoms with van der Waals surface area (Å²) in [5.41, 5.74) is 0.299. The number of thiophene rings is 2. The van der Waals surface area contributed by atoms with E-state index in [1.165, 1.54) is 22.6 Å². The van der Waals surface area contributed by atoms with E-state index in [2.05, 4.69) is 40.3 Å². The van der Waals surface area contributed by atoms with Gasteiger partial charge in [0.25, 0.3) is 0 Å². The molecule has 84 valence electrons. The first-order valence-corrected chi connectivity index (χ1v) is 7.46. The SMILES string of the molecule is c1csc(C2(c3cccs3)CCNCC2)c1. The zero-order valence-electron chi connectivity index (χ0n) is 9.11. The lowest BCUT2D eigenvalue weighted by atomic mass is 9.76. The third-order valence-corrected chi connectivity index (χ3v) is 5.59. The van der Waals surface area contributed by atoms with Gasteiger partial charge in [-0.3, -0.25) is 0 Å². The Morgan fingerprint density at radius 2 is 1.50 bits per heavy atom. The predicted octanol–water partition coefficient (Wildman–Crippen LogP) is 3.48. The summed E-state index contributed by atoms with van der Waals surface area (Å²) >= 11 is 3.81. The molecule has 0 aliphatic carbocycles. The fourth-order valence-corrected chi connectivity index (χ4v) is 4.64. The van der Waals surface area contributed by atoms with Crippen molar-refractivity contribution in [2.24, 2.45) is 0 Å². The van der Waals surface area contributed by atoms with Gasteiger partial charge < -0.3 is 5.32 Å². The Morgan fingerprint density at radius 3 is 1.94 bits per heavy atom. The Kier molecular flexibility index (Phi) is 2.84. The summed E-state index contributed by atoms with van der Waals surface area (Å²) in [6.07, 6.45) is 2.46. The molecule has 0 spiro atoms. The van der Waals surface area contributed by atoms with Gasteiger partial charge in [-0.2, -0.15) is 0 Å². The Balaban J connectivity index is 2.07. The largest absolute Gasteiger partial charge is 0.317 e. The van der Waals surface area contributed by atoms with Crippen LogP contribution in [0, 0.1) is 0 Å². The quantitative estimate of drug-likeness (QED) is 0.859. The van der Waals surface area contributed by atoms with Crippen molar-refractivity contribution in [3.63, 3.8) is 0 Å². The summed E-state index contributed by atoms with van der Waals surface area (Å²) in [6.45, 7) is 2.27. The van der Waals surface area contributed by atoms with Crippen LogP contribution in [0.1, 0.15) is 22.6 Å².